The summed E-state index contributed by atoms with van der Waals surface area (Å²) in [6, 6.07) is 46.4. The number of aromatic nitrogens is 14. The van der Waals surface area contributed by atoms with Crippen LogP contribution in [0.3, 0.4) is 0 Å². The van der Waals surface area contributed by atoms with Crippen molar-refractivity contribution >= 4 is 56.7 Å². The number of fused-ring (bicyclic) bond motifs is 3. The third-order valence-electron chi connectivity index (χ3n) is 23.7. The van der Waals surface area contributed by atoms with Crippen LogP contribution in [0.1, 0.15) is 174 Å². The zero-order chi connectivity index (χ0) is 92.3. The highest BCUT2D eigenvalue weighted by atomic mass is 19.1. The van der Waals surface area contributed by atoms with Crippen molar-refractivity contribution in [3.63, 3.8) is 0 Å². The van der Waals surface area contributed by atoms with E-state index in [0.29, 0.717) is 159 Å². The fraction of sp³-hybridized carbons (Fsp3) is 0.374. The minimum absolute atomic E-state index is 0.0445. The molecule has 33 heteroatoms. The Morgan fingerprint density at radius 2 is 0.856 bits per heavy atom. The molecule has 2 fully saturated rings. The van der Waals surface area contributed by atoms with E-state index in [-0.39, 0.29) is 111 Å². The number of aromatic amines is 2. The summed E-state index contributed by atoms with van der Waals surface area (Å²) < 4.78 is 65.4. The number of benzene rings is 7. The van der Waals surface area contributed by atoms with E-state index in [1.807, 2.05) is 103 Å². The van der Waals surface area contributed by atoms with Gasteiger partial charge in [0.2, 0.25) is 23.5 Å². The molecule has 686 valence electrons. The summed E-state index contributed by atoms with van der Waals surface area (Å²) in [5.74, 6) is -1.12. The van der Waals surface area contributed by atoms with E-state index in [4.69, 9.17) is 15.2 Å². The molecule has 2 aliphatic heterocycles. The van der Waals surface area contributed by atoms with Crippen molar-refractivity contribution in [2.24, 2.45) is 5.73 Å². The smallest absolute Gasteiger partial charge is 0.272 e. The van der Waals surface area contributed by atoms with Crippen LogP contribution < -0.4 is 16.9 Å². The van der Waals surface area contributed by atoms with Crippen LogP contribution in [0.15, 0.2) is 198 Å². The van der Waals surface area contributed by atoms with Gasteiger partial charge in [0.25, 0.3) is 22.9 Å². The number of aryl methyl sites for hydroxylation is 3. The minimum Gasteiger partial charge on any atom is -0.375 e. The van der Waals surface area contributed by atoms with Crippen LogP contribution in [-0.4, -0.2) is 217 Å². The second-order valence-corrected chi connectivity index (χ2v) is 32.7. The van der Waals surface area contributed by atoms with Gasteiger partial charge in [0.15, 0.2) is 12.7 Å². The molecule has 12 aromatic rings. The van der Waals surface area contributed by atoms with E-state index in [0.717, 1.165) is 96.9 Å². The summed E-state index contributed by atoms with van der Waals surface area (Å²) >= 11 is 0. The number of nitrogens with zero attached hydrogens (tertiary/aromatic N) is 16. The molecular formula is C99H107F4N19O10. The molecule has 4 N–H and O–H groups in total. The Labute approximate surface area is 760 Å². The first-order chi connectivity index (χ1) is 64.4. The van der Waals surface area contributed by atoms with Crippen LogP contribution >= 0.6 is 0 Å². The third-order valence-corrected chi connectivity index (χ3v) is 23.7. The van der Waals surface area contributed by atoms with Crippen molar-refractivity contribution in [2.75, 3.05) is 78.9 Å². The molecule has 0 radical (unpaired) electrons. The van der Waals surface area contributed by atoms with Crippen molar-refractivity contribution in [1.29, 1.82) is 0 Å². The van der Waals surface area contributed by atoms with Crippen molar-refractivity contribution < 1.29 is 55.8 Å². The Bertz CT molecular complexity index is 6010. The van der Waals surface area contributed by atoms with Gasteiger partial charge in [-0.15, -0.1) is 40.8 Å². The summed E-state index contributed by atoms with van der Waals surface area (Å²) in [7, 11) is 0. The van der Waals surface area contributed by atoms with Gasteiger partial charge in [0.1, 0.15) is 36.6 Å². The Hall–Kier alpha value is -13.7. The number of Topliss-reactive ketones (excluding diaryl/α,β-unsaturated/α-hetero) is 2. The van der Waals surface area contributed by atoms with E-state index in [2.05, 4.69) is 83.5 Å². The molecular weight excluding hydrogens is 1690 g/mol. The maximum absolute atomic E-state index is 15.0. The molecule has 7 heterocycles. The average molecular weight is 1800 g/mol. The molecule has 0 saturated carbocycles. The van der Waals surface area contributed by atoms with Crippen molar-refractivity contribution in [3.05, 3.63) is 283 Å². The zero-order valence-electron chi connectivity index (χ0n) is 73.6. The number of ketones is 2. The lowest BCUT2D eigenvalue weighted by molar-refractivity contribution is -0.133. The van der Waals surface area contributed by atoms with Crippen LogP contribution in [0.25, 0.3) is 55.6 Å². The summed E-state index contributed by atoms with van der Waals surface area (Å²) in [5.41, 5.74) is 16.4. The Kier molecular flexibility index (Phi) is 35.9. The first kappa shape index (κ1) is 95.9. The summed E-state index contributed by atoms with van der Waals surface area (Å²) in [6.45, 7) is 2.54. The first-order valence-electron chi connectivity index (χ1n) is 44.9. The molecule has 0 spiro atoms. The largest absolute Gasteiger partial charge is 0.375 e. The molecule has 7 aromatic carbocycles. The van der Waals surface area contributed by atoms with Gasteiger partial charge >= 0.3 is 0 Å². The first-order valence-corrected chi connectivity index (χ1v) is 44.9. The van der Waals surface area contributed by atoms with Gasteiger partial charge in [-0.3, -0.25) is 38.4 Å². The van der Waals surface area contributed by atoms with E-state index < -0.39 is 30.1 Å². The van der Waals surface area contributed by atoms with Crippen LogP contribution in [0.2, 0.25) is 0 Å². The molecule has 0 bridgehead atoms. The topological polar surface area (TPSA) is 380 Å². The number of halogens is 4. The second-order valence-electron chi connectivity index (χ2n) is 32.7. The Morgan fingerprint density at radius 3 is 1.33 bits per heavy atom. The third kappa shape index (κ3) is 27.5. The zero-order valence-corrected chi connectivity index (χ0v) is 73.6. The predicted molar refractivity (Wildman–Crippen MR) is 489 cm³/mol. The highest BCUT2D eigenvalue weighted by Gasteiger charge is 2.30. The van der Waals surface area contributed by atoms with Crippen molar-refractivity contribution in [1.82, 2.24) is 91.0 Å². The molecule has 4 amide bonds. The SMILES string of the molecule is NCc1ccc(-c2nncnn2)cc1.O=C(CCCC(=O)N1CCN(C(=O)c2cc(Cc3n[nH]c(=O)c4ccccc34)ccc2F)CC1)CCc1ccc(-c2nncc3c2CCC(OCC[18F])CCC3)cc1.O=C(CCCC(=O)N1CCN(C(=O)c2cc(Cc3n[nH]c(=O)c4ccccc34)ccc2F)CC1)CCc1ccc(-c2nncnn2)cc1.[18F]CCOC1CC/C=C/CCC1. The molecule has 16 rings (SSSR count). The van der Waals surface area contributed by atoms with E-state index in [1.54, 1.807) is 56.0 Å². The van der Waals surface area contributed by atoms with Gasteiger partial charge in [-0.25, -0.2) is 27.8 Å². The molecule has 132 heavy (non-hydrogen) atoms. The monoisotopic (exact) mass is 1800 g/mol. The van der Waals surface area contributed by atoms with Gasteiger partial charge in [-0.2, -0.15) is 20.4 Å². The number of rotatable bonds is 30. The van der Waals surface area contributed by atoms with E-state index in [9.17, 15) is 55.9 Å². The molecule has 2 unspecified atom stereocenters. The lowest BCUT2D eigenvalue weighted by Gasteiger charge is -2.35. The molecule has 2 atom stereocenters. The molecule has 4 aliphatic rings. The van der Waals surface area contributed by atoms with Crippen LogP contribution in [-0.2, 0) is 73.7 Å². The van der Waals surface area contributed by atoms with Gasteiger partial charge in [0.05, 0.1) is 70.6 Å². The highest BCUT2D eigenvalue weighted by molar-refractivity contribution is 5.96. The van der Waals surface area contributed by atoms with Crippen LogP contribution in [0, 0.1) is 11.6 Å². The maximum atomic E-state index is 15.0. The fourth-order valence-corrected chi connectivity index (χ4v) is 16.5. The molecule has 2 aliphatic carbocycles. The van der Waals surface area contributed by atoms with E-state index >= 15 is 0 Å². The second kappa shape index (κ2) is 49.4. The highest BCUT2D eigenvalue weighted by Crippen LogP contribution is 2.31. The predicted octanol–water partition coefficient (Wildman–Crippen LogP) is 13.2. The average Bonchev–Trinajstić information content (AvgIpc) is 0.804. The van der Waals surface area contributed by atoms with Gasteiger partial charge in [-0.05, 0) is 165 Å². The summed E-state index contributed by atoms with van der Waals surface area (Å²) in [4.78, 5) is 109. The Balaban J connectivity index is 0.000000177. The number of hydrogen-bond donors (Lipinski definition) is 3. The van der Waals surface area contributed by atoms with Gasteiger partial charge in [0, 0.05) is 138 Å². The van der Waals surface area contributed by atoms with Gasteiger partial charge in [-0.1, -0.05) is 133 Å². The number of nitrogens with one attached hydrogen (secondary N) is 2. The number of carbonyl (C=O) groups is 6. The van der Waals surface area contributed by atoms with E-state index in [1.165, 1.54) is 54.5 Å². The maximum Gasteiger partial charge on any atom is 0.272 e. The summed E-state index contributed by atoms with van der Waals surface area (Å²) in [5, 5.41) is 54.9. The number of ether oxygens (including phenoxy) is 2. The lowest BCUT2D eigenvalue weighted by atomic mass is 9.90. The molecule has 5 aromatic heterocycles. The fourth-order valence-electron chi connectivity index (χ4n) is 16.5. The number of amides is 4. The number of hydrogen-bond acceptors (Lipinski definition) is 23. The van der Waals surface area contributed by atoms with Crippen molar-refractivity contribution in [3.8, 4) is 34.0 Å². The normalized spacial score (nSPS) is 15.3. The number of carbonyl (C=O) groups excluding carboxylic acids is 6. The molecule has 2 saturated heterocycles. The minimum atomic E-state index is -0.628. The number of alkyl halides is 2. The van der Waals surface area contributed by atoms with Crippen LogP contribution in [0.4, 0.5) is 17.6 Å². The number of piperazine rings is 2. The van der Waals surface area contributed by atoms with Crippen molar-refractivity contribution in [2.45, 2.75) is 160 Å². The Morgan fingerprint density at radius 1 is 0.432 bits per heavy atom. The lowest BCUT2D eigenvalue weighted by Crippen LogP contribution is -2.50. The van der Waals surface area contributed by atoms with Crippen LogP contribution in [0.5, 0.6) is 0 Å². The summed E-state index contributed by atoms with van der Waals surface area (Å²) in [6.07, 6.45) is 23.7. The van der Waals surface area contributed by atoms with Gasteiger partial charge < -0.3 is 34.8 Å². The number of allylic oxidation sites excluding steroid dienone is 2. The number of nitrogens with two attached hydrogens (primary N) is 1. The molecule has 29 nitrogen and oxygen atoms in total. The standard InChI is InChI=1S/C45H48F2N6O5.C35H33FN8O4.C10H17FO.C9H9N5/c46-21-26-58-35-7-3-5-33-29-48-50-43(36(33)19-18-35)32-15-11-30(12-16-32)13-17-34(54)6-4-10-42(55)52-22-24-53(25-23-52)45(57)39-27-31(14-20-40(39)47)28-41-37-8-1-2-9-38(37)44(56)51-49-41;36-30-15-11-24(21-31-27-5-1-2-6-28(27)34(47)42-39-31)20-29(30)35(48)44-18-16-43(17-19-44)32(46)7-3-4-26(45)14-10-23-8-12-25(13-9-23)33-40-37-22-38-41-33;11-8-9-12-10-6-4-2-1-3-5-7-10;10-5-7-1-3-8(4-2-7)9-13-11-6-12-14-9/h1-2,8-9,11-12,14-16,20,27,29,35H,3-7,10,13,17-19,21-26,28H2,(H,51,56);1-2,5-6,8-9,11-13,15,20,22H,3-4,7,10,14,16-19,21H2,(H,42,47);1-2,10H,3-9H2;1-4,6H,5,10H2/b;;2-1+;/i46-1;;11-1;. The quantitative estimate of drug-likeness (QED) is 0.0278. The number of H-pyrrole nitrogens is 2.